The van der Waals surface area contributed by atoms with Crippen molar-refractivity contribution in [2.45, 2.75) is 19.8 Å². The van der Waals surface area contributed by atoms with Crippen molar-refractivity contribution in [2.24, 2.45) is 0 Å². The van der Waals surface area contributed by atoms with Crippen molar-refractivity contribution in [3.05, 3.63) is 71.5 Å². The van der Waals surface area contributed by atoms with Crippen LogP contribution < -0.4 is 10.1 Å². The number of ether oxygens (including phenoxy) is 1. The second kappa shape index (κ2) is 8.45. The predicted octanol–water partition coefficient (Wildman–Crippen LogP) is 5.31. The van der Waals surface area contributed by atoms with Gasteiger partial charge < -0.3 is 10.1 Å². The molecule has 2 heterocycles. The molecule has 4 rings (SSSR count). The van der Waals surface area contributed by atoms with E-state index in [4.69, 9.17) is 4.74 Å². The van der Waals surface area contributed by atoms with E-state index in [9.17, 15) is 9.18 Å². The number of anilines is 1. The molecule has 1 N–H and O–H groups in total. The summed E-state index contributed by atoms with van der Waals surface area (Å²) < 4.78 is 20.9. The lowest BCUT2D eigenvalue weighted by molar-refractivity contribution is -0.116. The van der Waals surface area contributed by atoms with E-state index in [0.717, 1.165) is 21.8 Å². The van der Waals surface area contributed by atoms with E-state index in [1.807, 2.05) is 47.2 Å². The van der Waals surface area contributed by atoms with E-state index in [2.05, 4.69) is 10.3 Å². The number of hydrogen-bond donors (Lipinski definition) is 1. The quantitative estimate of drug-likeness (QED) is 0.421. The van der Waals surface area contributed by atoms with Gasteiger partial charge in [-0.05, 0) is 49.2 Å². The Morgan fingerprint density at radius 3 is 2.79 bits per heavy atom. The SMILES string of the molecule is Cc1ccccc1OCCCC(=O)Nc1c(-c2ccc(F)cc2)nc2sccn12. The molecule has 0 aliphatic heterocycles. The third-order valence-corrected chi connectivity index (χ3v) is 5.29. The highest BCUT2D eigenvalue weighted by molar-refractivity contribution is 7.15. The van der Waals surface area contributed by atoms with Crippen LogP contribution in [0.3, 0.4) is 0 Å². The number of nitrogens with one attached hydrogen (secondary N) is 1. The lowest BCUT2D eigenvalue weighted by Gasteiger charge is -2.09. The summed E-state index contributed by atoms with van der Waals surface area (Å²) in [4.78, 5) is 17.9. The fraction of sp³-hybridized carbons (Fsp3) is 0.182. The van der Waals surface area contributed by atoms with E-state index in [1.54, 1.807) is 12.1 Å². The number of amides is 1. The number of fused-ring (bicyclic) bond motifs is 1. The molecular formula is C22H20FN3O2S. The zero-order valence-corrected chi connectivity index (χ0v) is 16.7. The van der Waals surface area contributed by atoms with Gasteiger partial charge in [-0.1, -0.05) is 18.2 Å². The Bertz CT molecular complexity index is 1130. The second-order valence-corrected chi connectivity index (χ2v) is 7.51. The Hall–Kier alpha value is -3.19. The van der Waals surface area contributed by atoms with E-state index in [1.165, 1.54) is 23.5 Å². The third kappa shape index (κ3) is 4.30. The van der Waals surface area contributed by atoms with E-state index >= 15 is 0 Å². The Morgan fingerprint density at radius 2 is 2.00 bits per heavy atom. The predicted molar refractivity (Wildman–Crippen MR) is 113 cm³/mol. The van der Waals surface area contributed by atoms with Crippen LogP contribution in [0.25, 0.3) is 16.2 Å². The number of carbonyl (C=O) groups is 1. The average Bonchev–Trinajstić information content (AvgIpc) is 3.30. The van der Waals surface area contributed by atoms with Crippen LogP contribution in [0.2, 0.25) is 0 Å². The Labute approximate surface area is 171 Å². The van der Waals surface area contributed by atoms with Gasteiger partial charge >= 0.3 is 0 Å². The van der Waals surface area contributed by atoms with Crippen molar-refractivity contribution in [3.8, 4) is 17.0 Å². The Morgan fingerprint density at radius 1 is 1.21 bits per heavy atom. The molecule has 0 aliphatic carbocycles. The summed E-state index contributed by atoms with van der Waals surface area (Å²) in [6, 6.07) is 13.9. The number of hydrogen-bond acceptors (Lipinski definition) is 4. The molecule has 2 aromatic heterocycles. The van der Waals surface area contributed by atoms with Crippen LogP contribution in [0.1, 0.15) is 18.4 Å². The number of carbonyl (C=O) groups excluding carboxylic acids is 1. The van der Waals surface area contributed by atoms with Crippen molar-refractivity contribution in [1.82, 2.24) is 9.38 Å². The number of nitrogens with zero attached hydrogens (tertiary/aromatic N) is 2. The number of rotatable bonds is 7. The first-order valence-corrected chi connectivity index (χ1v) is 10.2. The van der Waals surface area contributed by atoms with E-state index < -0.39 is 0 Å². The lowest BCUT2D eigenvalue weighted by atomic mass is 10.1. The number of aromatic nitrogens is 2. The normalized spacial score (nSPS) is 11.0. The van der Waals surface area contributed by atoms with Gasteiger partial charge in [0.05, 0.1) is 6.61 Å². The highest BCUT2D eigenvalue weighted by atomic mass is 32.1. The average molecular weight is 409 g/mol. The molecule has 0 radical (unpaired) electrons. The van der Waals surface area contributed by atoms with Gasteiger partial charge in [0, 0.05) is 23.6 Å². The zero-order chi connectivity index (χ0) is 20.2. The van der Waals surface area contributed by atoms with Gasteiger partial charge in [0.2, 0.25) is 5.91 Å². The van der Waals surface area contributed by atoms with Gasteiger partial charge in [0.15, 0.2) is 4.96 Å². The van der Waals surface area contributed by atoms with Crippen LogP contribution in [-0.2, 0) is 4.79 Å². The van der Waals surface area contributed by atoms with Crippen molar-refractivity contribution in [3.63, 3.8) is 0 Å². The highest BCUT2D eigenvalue weighted by Gasteiger charge is 2.17. The molecule has 0 bridgehead atoms. The first-order chi connectivity index (χ1) is 14.1. The summed E-state index contributed by atoms with van der Waals surface area (Å²) in [6.07, 6.45) is 2.78. The van der Waals surface area contributed by atoms with Crippen molar-refractivity contribution >= 4 is 28.0 Å². The van der Waals surface area contributed by atoms with Crippen LogP contribution in [0.4, 0.5) is 10.2 Å². The summed E-state index contributed by atoms with van der Waals surface area (Å²) in [5, 5.41) is 4.87. The fourth-order valence-corrected chi connectivity index (χ4v) is 3.76. The summed E-state index contributed by atoms with van der Waals surface area (Å²) in [5.41, 5.74) is 2.45. The first kappa shape index (κ1) is 19.1. The molecule has 29 heavy (non-hydrogen) atoms. The van der Waals surface area contributed by atoms with Gasteiger partial charge in [-0.15, -0.1) is 11.3 Å². The molecule has 0 atom stereocenters. The van der Waals surface area contributed by atoms with E-state index in [-0.39, 0.29) is 11.7 Å². The maximum atomic E-state index is 13.3. The van der Waals surface area contributed by atoms with Gasteiger partial charge in [-0.3, -0.25) is 9.20 Å². The summed E-state index contributed by atoms with van der Waals surface area (Å²) in [6.45, 7) is 2.45. The molecule has 0 spiro atoms. The third-order valence-electron chi connectivity index (χ3n) is 4.54. The minimum atomic E-state index is -0.311. The molecule has 0 fully saturated rings. The number of benzene rings is 2. The molecule has 4 aromatic rings. The van der Waals surface area contributed by atoms with Crippen LogP contribution in [0.15, 0.2) is 60.1 Å². The van der Waals surface area contributed by atoms with Crippen LogP contribution >= 0.6 is 11.3 Å². The van der Waals surface area contributed by atoms with Gasteiger partial charge in [-0.2, -0.15) is 0 Å². The molecule has 2 aromatic carbocycles. The first-order valence-electron chi connectivity index (χ1n) is 9.31. The summed E-state index contributed by atoms with van der Waals surface area (Å²) in [5.74, 6) is 1.00. The number of halogens is 1. The van der Waals surface area contributed by atoms with Gasteiger partial charge in [0.1, 0.15) is 23.1 Å². The van der Waals surface area contributed by atoms with Gasteiger partial charge in [-0.25, -0.2) is 9.37 Å². The molecule has 5 nitrogen and oxygen atoms in total. The maximum Gasteiger partial charge on any atom is 0.225 e. The fourth-order valence-electron chi connectivity index (χ4n) is 3.04. The minimum absolute atomic E-state index is 0.116. The van der Waals surface area contributed by atoms with Crippen molar-refractivity contribution < 1.29 is 13.9 Å². The highest BCUT2D eigenvalue weighted by Crippen LogP contribution is 2.31. The van der Waals surface area contributed by atoms with E-state index in [0.29, 0.717) is 31.0 Å². The molecule has 1 amide bonds. The molecule has 148 valence electrons. The summed E-state index contributed by atoms with van der Waals surface area (Å²) >= 11 is 1.47. The van der Waals surface area contributed by atoms with Crippen molar-refractivity contribution in [2.75, 3.05) is 11.9 Å². The molecule has 0 saturated carbocycles. The number of aryl methyl sites for hydroxylation is 1. The molecule has 0 saturated heterocycles. The van der Waals surface area contributed by atoms with Crippen molar-refractivity contribution in [1.29, 1.82) is 0 Å². The van der Waals surface area contributed by atoms with Gasteiger partial charge in [0.25, 0.3) is 0 Å². The monoisotopic (exact) mass is 409 g/mol. The molecule has 0 unspecified atom stereocenters. The Balaban J connectivity index is 1.42. The minimum Gasteiger partial charge on any atom is -0.493 e. The largest absolute Gasteiger partial charge is 0.493 e. The molecule has 0 aliphatic rings. The number of para-hydroxylation sites is 1. The lowest BCUT2D eigenvalue weighted by Crippen LogP contribution is -2.14. The maximum absolute atomic E-state index is 13.3. The zero-order valence-electron chi connectivity index (χ0n) is 15.9. The number of imidazole rings is 1. The smallest absolute Gasteiger partial charge is 0.225 e. The summed E-state index contributed by atoms with van der Waals surface area (Å²) in [7, 11) is 0. The van der Waals surface area contributed by atoms with Crippen LogP contribution in [-0.4, -0.2) is 21.9 Å². The standard InChI is InChI=1S/C22H20FN3O2S/c1-15-5-2-3-6-18(15)28-13-4-7-19(27)24-21-20(16-8-10-17(23)11-9-16)25-22-26(21)12-14-29-22/h2-3,5-6,8-12,14H,4,7,13H2,1H3,(H,24,27). The second-order valence-electron chi connectivity index (χ2n) is 6.64. The topological polar surface area (TPSA) is 55.6 Å². The molecule has 7 heteroatoms. The molecular weight excluding hydrogens is 389 g/mol. The van der Waals surface area contributed by atoms with Crippen LogP contribution in [0, 0.1) is 12.7 Å². The Kier molecular flexibility index (Phi) is 5.57. The number of thiazole rings is 1. The van der Waals surface area contributed by atoms with Crippen LogP contribution in [0.5, 0.6) is 5.75 Å².